The van der Waals surface area contributed by atoms with Gasteiger partial charge in [-0.05, 0) is 43.7 Å². The second kappa shape index (κ2) is 7.42. The quantitative estimate of drug-likeness (QED) is 0.659. The van der Waals surface area contributed by atoms with Gasteiger partial charge >= 0.3 is 0 Å². The molecule has 0 N–H and O–H groups in total. The van der Waals surface area contributed by atoms with E-state index in [4.69, 9.17) is 4.52 Å². The van der Waals surface area contributed by atoms with Crippen LogP contribution < -0.4 is 5.56 Å². The molecule has 0 unspecified atom stereocenters. The number of fused-ring (bicyclic) bond motifs is 1. The molecule has 1 atom stereocenters. The van der Waals surface area contributed by atoms with E-state index in [9.17, 15) is 9.59 Å². The predicted octanol–water partition coefficient (Wildman–Crippen LogP) is 2.14. The van der Waals surface area contributed by atoms with Crippen LogP contribution in [0.5, 0.6) is 0 Å². The van der Waals surface area contributed by atoms with Crippen molar-refractivity contribution in [2.45, 2.75) is 44.6 Å². The second-order valence-corrected chi connectivity index (χ2v) is 8.07. The molecule has 3 aromatic rings. The summed E-state index contributed by atoms with van der Waals surface area (Å²) >= 11 is 0. The topological polar surface area (TPSA) is 94.1 Å². The molecule has 8 nitrogen and oxygen atoms in total. The second-order valence-electron chi connectivity index (χ2n) is 8.07. The van der Waals surface area contributed by atoms with Gasteiger partial charge in [-0.25, -0.2) is 4.98 Å². The van der Waals surface area contributed by atoms with Crippen LogP contribution >= 0.6 is 0 Å². The Morgan fingerprint density at radius 2 is 2.07 bits per heavy atom. The summed E-state index contributed by atoms with van der Waals surface area (Å²) in [5.41, 5.74) is 0.459. The Morgan fingerprint density at radius 3 is 2.93 bits per heavy atom. The molecule has 1 aliphatic carbocycles. The fourth-order valence-electron chi connectivity index (χ4n) is 4.03. The van der Waals surface area contributed by atoms with Crippen molar-refractivity contribution in [3.8, 4) is 0 Å². The molecule has 1 saturated carbocycles. The van der Waals surface area contributed by atoms with Crippen LogP contribution in [-0.2, 0) is 17.8 Å². The molecule has 1 aliphatic heterocycles. The summed E-state index contributed by atoms with van der Waals surface area (Å²) in [5, 5.41) is 4.61. The van der Waals surface area contributed by atoms with Crippen molar-refractivity contribution in [2.24, 2.45) is 5.92 Å². The number of benzene rings is 1. The Hall–Kier alpha value is -3.03. The third kappa shape index (κ3) is 3.79. The summed E-state index contributed by atoms with van der Waals surface area (Å²) in [6.45, 7) is 1.37. The molecule has 1 saturated heterocycles. The number of rotatable bonds is 5. The van der Waals surface area contributed by atoms with E-state index in [1.165, 1.54) is 10.9 Å². The van der Waals surface area contributed by atoms with Crippen molar-refractivity contribution in [1.29, 1.82) is 0 Å². The maximum absolute atomic E-state index is 12.8. The summed E-state index contributed by atoms with van der Waals surface area (Å²) in [4.78, 5) is 36.1. The Morgan fingerprint density at radius 1 is 1.21 bits per heavy atom. The molecule has 0 spiro atoms. The number of piperidine rings is 1. The molecule has 0 radical (unpaired) electrons. The average Bonchev–Trinajstić information content (AvgIpc) is 3.50. The average molecular weight is 393 g/mol. The Balaban J connectivity index is 1.25. The zero-order valence-corrected chi connectivity index (χ0v) is 16.2. The van der Waals surface area contributed by atoms with E-state index >= 15 is 0 Å². The zero-order chi connectivity index (χ0) is 19.8. The molecule has 2 fully saturated rings. The first-order valence-electron chi connectivity index (χ1n) is 10.2. The highest BCUT2D eigenvalue weighted by Crippen LogP contribution is 2.38. The van der Waals surface area contributed by atoms with Gasteiger partial charge in [0, 0.05) is 25.4 Å². The number of nitrogens with zero attached hydrogens (tertiary/aromatic N) is 5. The van der Waals surface area contributed by atoms with Crippen LogP contribution in [0.2, 0.25) is 0 Å². The maximum Gasteiger partial charge on any atom is 0.261 e. The Bertz CT molecular complexity index is 1100. The zero-order valence-electron chi connectivity index (χ0n) is 16.2. The predicted molar refractivity (Wildman–Crippen MR) is 105 cm³/mol. The van der Waals surface area contributed by atoms with Crippen molar-refractivity contribution in [3.05, 3.63) is 52.7 Å². The number of para-hydroxylation sites is 1. The van der Waals surface area contributed by atoms with E-state index in [-0.39, 0.29) is 18.0 Å². The van der Waals surface area contributed by atoms with Crippen molar-refractivity contribution in [2.75, 3.05) is 13.1 Å². The highest BCUT2D eigenvalue weighted by atomic mass is 16.5. The van der Waals surface area contributed by atoms with Gasteiger partial charge in [0.15, 0.2) is 5.82 Å². The lowest BCUT2D eigenvalue weighted by Crippen LogP contribution is -2.43. The van der Waals surface area contributed by atoms with Crippen molar-refractivity contribution in [3.63, 3.8) is 0 Å². The molecular weight excluding hydrogens is 370 g/mol. The summed E-state index contributed by atoms with van der Waals surface area (Å²) < 4.78 is 6.80. The van der Waals surface area contributed by atoms with Crippen molar-refractivity contribution < 1.29 is 9.32 Å². The summed E-state index contributed by atoms with van der Waals surface area (Å²) in [7, 11) is 0. The highest BCUT2D eigenvalue weighted by molar-refractivity contribution is 5.79. The number of carbonyl (C=O) groups is 1. The minimum atomic E-state index is -0.184. The molecular formula is C21H23N5O3. The van der Waals surface area contributed by atoms with Gasteiger partial charge in [-0.1, -0.05) is 17.3 Å². The van der Waals surface area contributed by atoms with Crippen LogP contribution in [0.15, 0.2) is 39.9 Å². The number of amides is 1. The largest absolute Gasteiger partial charge is 0.341 e. The van der Waals surface area contributed by atoms with E-state index < -0.39 is 0 Å². The fourth-order valence-corrected chi connectivity index (χ4v) is 4.03. The third-order valence-electron chi connectivity index (χ3n) is 5.80. The summed E-state index contributed by atoms with van der Waals surface area (Å²) in [6, 6.07) is 7.18. The summed E-state index contributed by atoms with van der Waals surface area (Å²) in [6.07, 6.45) is 6.41. The number of hydrogen-bond donors (Lipinski definition) is 0. The fraction of sp³-hybridized carbons (Fsp3) is 0.476. The van der Waals surface area contributed by atoms with Crippen LogP contribution in [0.1, 0.15) is 43.3 Å². The van der Waals surface area contributed by atoms with Gasteiger partial charge in [0.1, 0.15) is 6.54 Å². The van der Waals surface area contributed by atoms with Crippen LogP contribution in [0.25, 0.3) is 10.9 Å². The number of likely N-dealkylation sites (tertiary alicyclic amines) is 1. The van der Waals surface area contributed by atoms with E-state index in [0.29, 0.717) is 48.1 Å². The van der Waals surface area contributed by atoms with Crippen LogP contribution in [-0.4, -0.2) is 43.6 Å². The monoisotopic (exact) mass is 393 g/mol. The van der Waals surface area contributed by atoms with Gasteiger partial charge in [0.05, 0.1) is 17.2 Å². The van der Waals surface area contributed by atoms with Gasteiger partial charge in [-0.3, -0.25) is 14.2 Å². The molecule has 1 amide bonds. The molecule has 5 rings (SSSR count). The lowest BCUT2D eigenvalue weighted by atomic mass is 9.94. The number of aromatic nitrogens is 4. The molecule has 3 heterocycles. The smallest absolute Gasteiger partial charge is 0.261 e. The normalized spacial score (nSPS) is 19.6. The lowest BCUT2D eigenvalue weighted by molar-refractivity contribution is -0.133. The number of carbonyl (C=O) groups excluding carboxylic acids is 1. The Labute approximate surface area is 167 Å². The molecule has 1 aromatic carbocycles. The van der Waals surface area contributed by atoms with Crippen molar-refractivity contribution >= 4 is 16.8 Å². The minimum absolute atomic E-state index is 0.00970. The number of hydrogen-bond acceptors (Lipinski definition) is 6. The first-order chi connectivity index (χ1) is 14.2. The SMILES string of the molecule is O=C(Cn1cnc2ccccc2c1=O)N1CCC[C@@H](Cc2nc(C3CC3)no2)C1. The molecule has 150 valence electrons. The van der Waals surface area contributed by atoms with Gasteiger partial charge in [-0.15, -0.1) is 0 Å². The van der Waals surface area contributed by atoms with E-state index in [1.54, 1.807) is 18.2 Å². The molecule has 2 aromatic heterocycles. The van der Waals surface area contributed by atoms with Gasteiger partial charge in [-0.2, -0.15) is 4.98 Å². The van der Waals surface area contributed by atoms with Crippen LogP contribution in [0, 0.1) is 5.92 Å². The van der Waals surface area contributed by atoms with Gasteiger partial charge in [0.25, 0.3) is 5.56 Å². The molecule has 0 bridgehead atoms. The lowest BCUT2D eigenvalue weighted by Gasteiger charge is -2.32. The molecule has 8 heteroatoms. The van der Waals surface area contributed by atoms with Gasteiger partial charge < -0.3 is 9.42 Å². The van der Waals surface area contributed by atoms with E-state index in [0.717, 1.165) is 31.5 Å². The molecule has 2 aliphatic rings. The van der Waals surface area contributed by atoms with E-state index in [1.807, 2.05) is 11.0 Å². The maximum atomic E-state index is 12.8. The highest BCUT2D eigenvalue weighted by Gasteiger charge is 2.30. The first-order valence-corrected chi connectivity index (χ1v) is 10.2. The van der Waals surface area contributed by atoms with Gasteiger partial charge in [0.2, 0.25) is 11.8 Å². The summed E-state index contributed by atoms with van der Waals surface area (Å²) in [5.74, 6) is 2.21. The molecule has 29 heavy (non-hydrogen) atoms. The standard InChI is InChI=1S/C21H23N5O3/c27-19(12-26-13-22-17-6-2-1-5-16(17)21(26)28)25-9-3-4-14(11-25)10-18-23-20(24-29-18)15-7-8-15/h1-2,5-6,13-15H,3-4,7-12H2/t14-/m0/s1. The third-order valence-corrected chi connectivity index (χ3v) is 5.80. The van der Waals surface area contributed by atoms with E-state index in [2.05, 4.69) is 15.1 Å². The first kappa shape index (κ1) is 18.0. The Kier molecular flexibility index (Phi) is 4.61. The minimum Gasteiger partial charge on any atom is -0.341 e. The van der Waals surface area contributed by atoms with Crippen molar-refractivity contribution in [1.82, 2.24) is 24.6 Å². The van der Waals surface area contributed by atoms with Crippen LogP contribution in [0.3, 0.4) is 0 Å². The van der Waals surface area contributed by atoms with Crippen LogP contribution in [0.4, 0.5) is 0 Å².